The van der Waals surface area contributed by atoms with Gasteiger partial charge in [0.15, 0.2) is 0 Å². The number of carbonyl (C=O) groups is 1. The maximum absolute atomic E-state index is 13.8. The van der Waals surface area contributed by atoms with Crippen molar-refractivity contribution in [1.82, 2.24) is 9.21 Å². The van der Waals surface area contributed by atoms with Gasteiger partial charge < -0.3 is 4.90 Å². The predicted octanol–water partition coefficient (Wildman–Crippen LogP) is 2.69. The van der Waals surface area contributed by atoms with Crippen LogP contribution in [0.15, 0.2) is 23.1 Å². The zero-order valence-corrected chi connectivity index (χ0v) is 15.4. The van der Waals surface area contributed by atoms with E-state index in [1.54, 1.807) is 6.92 Å². The molecule has 0 bridgehead atoms. The van der Waals surface area contributed by atoms with Gasteiger partial charge in [0, 0.05) is 32.1 Å². The number of carbonyl (C=O) groups excluding carboxylic acids is 1. The number of piperidine rings is 1. The lowest BCUT2D eigenvalue weighted by molar-refractivity contribution is -0.127. The summed E-state index contributed by atoms with van der Waals surface area (Å²) in [7, 11) is -3.72. The normalized spacial score (nSPS) is 22.6. The number of aryl methyl sites for hydroxylation is 1. The van der Waals surface area contributed by atoms with Crippen molar-refractivity contribution < 1.29 is 17.6 Å². The van der Waals surface area contributed by atoms with E-state index in [0.717, 1.165) is 38.3 Å². The molecule has 2 saturated heterocycles. The number of rotatable bonds is 5. The number of sulfonamides is 1. The van der Waals surface area contributed by atoms with Crippen molar-refractivity contribution in [1.29, 1.82) is 0 Å². The van der Waals surface area contributed by atoms with Crippen molar-refractivity contribution in [2.75, 3.05) is 19.6 Å². The van der Waals surface area contributed by atoms with Gasteiger partial charge in [-0.3, -0.25) is 4.79 Å². The molecule has 0 unspecified atom stereocenters. The molecular weight excluding hydrogens is 343 g/mol. The van der Waals surface area contributed by atoms with Crippen molar-refractivity contribution in [3.8, 4) is 0 Å². The molecule has 1 aromatic rings. The Morgan fingerprint density at radius 1 is 1.20 bits per heavy atom. The van der Waals surface area contributed by atoms with Crippen molar-refractivity contribution >= 4 is 15.9 Å². The van der Waals surface area contributed by atoms with Crippen molar-refractivity contribution in [3.63, 3.8) is 0 Å². The summed E-state index contributed by atoms with van der Waals surface area (Å²) in [6.45, 7) is 3.43. The van der Waals surface area contributed by atoms with Crippen LogP contribution >= 0.6 is 0 Å². The first-order valence-corrected chi connectivity index (χ1v) is 10.4. The quantitative estimate of drug-likeness (QED) is 0.803. The second-order valence-electron chi connectivity index (χ2n) is 6.95. The molecule has 0 aromatic heterocycles. The Balaban J connectivity index is 1.76. The molecule has 138 valence electrons. The zero-order valence-electron chi connectivity index (χ0n) is 14.6. The van der Waals surface area contributed by atoms with Gasteiger partial charge in [0.1, 0.15) is 5.82 Å². The van der Waals surface area contributed by atoms with Gasteiger partial charge >= 0.3 is 0 Å². The minimum Gasteiger partial charge on any atom is -0.343 e. The highest BCUT2D eigenvalue weighted by molar-refractivity contribution is 7.89. The van der Waals surface area contributed by atoms with Gasteiger partial charge in [-0.05, 0) is 50.3 Å². The van der Waals surface area contributed by atoms with E-state index in [1.807, 2.05) is 4.90 Å². The van der Waals surface area contributed by atoms with Crippen molar-refractivity contribution in [3.05, 3.63) is 29.6 Å². The molecule has 1 aromatic carbocycles. The molecule has 2 aliphatic heterocycles. The SMILES string of the molecule is Cc1ccc(S(=O)(=O)N2CCCC[C@H]2CCN2CCCC2=O)cc1F. The van der Waals surface area contributed by atoms with E-state index in [-0.39, 0.29) is 16.8 Å². The lowest BCUT2D eigenvalue weighted by Crippen LogP contribution is -2.45. The summed E-state index contributed by atoms with van der Waals surface area (Å²) in [5, 5.41) is 0. The summed E-state index contributed by atoms with van der Waals surface area (Å²) in [6.07, 6.45) is 4.69. The Kier molecular flexibility index (Phi) is 5.43. The molecule has 7 heteroatoms. The third-order valence-electron chi connectivity index (χ3n) is 5.23. The van der Waals surface area contributed by atoms with E-state index in [9.17, 15) is 17.6 Å². The van der Waals surface area contributed by atoms with E-state index in [4.69, 9.17) is 0 Å². The molecule has 2 heterocycles. The molecule has 2 aliphatic rings. The average Bonchev–Trinajstić information content (AvgIpc) is 3.00. The summed E-state index contributed by atoms with van der Waals surface area (Å²) < 4.78 is 41.4. The maximum atomic E-state index is 13.8. The molecule has 0 spiro atoms. The molecule has 1 atom stereocenters. The highest BCUT2D eigenvalue weighted by Crippen LogP contribution is 2.28. The highest BCUT2D eigenvalue weighted by Gasteiger charge is 2.34. The maximum Gasteiger partial charge on any atom is 0.243 e. The summed E-state index contributed by atoms with van der Waals surface area (Å²) in [5.74, 6) is -0.344. The number of likely N-dealkylation sites (tertiary alicyclic amines) is 1. The van der Waals surface area contributed by atoms with Crippen LogP contribution in [0, 0.1) is 12.7 Å². The van der Waals surface area contributed by atoms with Gasteiger partial charge in [0.2, 0.25) is 15.9 Å². The first-order chi connectivity index (χ1) is 11.9. The molecule has 2 fully saturated rings. The molecule has 0 radical (unpaired) electrons. The van der Waals surface area contributed by atoms with Crippen LogP contribution in [0.25, 0.3) is 0 Å². The Hall–Kier alpha value is -1.47. The number of hydrogen-bond donors (Lipinski definition) is 0. The van der Waals surface area contributed by atoms with E-state index in [1.165, 1.54) is 16.4 Å². The number of nitrogens with zero attached hydrogens (tertiary/aromatic N) is 2. The third-order valence-corrected chi connectivity index (χ3v) is 7.17. The van der Waals surface area contributed by atoms with Gasteiger partial charge in [-0.1, -0.05) is 12.5 Å². The molecule has 0 saturated carbocycles. The van der Waals surface area contributed by atoms with Gasteiger partial charge in [-0.25, -0.2) is 12.8 Å². The van der Waals surface area contributed by atoms with Crippen LogP contribution in [0.2, 0.25) is 0 Å². The summed E-state index contributed by atoms with van der Waals surface area (Å²) >= 11 is 0. The third kappa shape index (κ3) is 3.87. The number of benzene rings is 1. The van der Waals surface area contributed by atoms with E-state index in [2.05, 4.69) is 0 Å². The molecule has 3 rings (SSSR count). The summed E-state index contributed by atoms with van der Waals surface area (Å²) in [6, 6.07) is 3.96. The summed E-state index contributed by atoms with van der Waals surface area (Å²) in [4.78, 5) is 13.6. The minimum atomic E-state index is -3.72. The zero-order chi connectivity index (χ0) is 18.0. The Morgan fingerprint density at radius 3 is 2.68 bits per heavy atom. The molecule has 0 aliphatic carbocycles. The van der Waals surface area contributed by atoms with Crippen molar-refractivity contribution in [2.24, 2.45) is 0 Å². The fourth-order valence-corrected chi connectivity index (χ4v) is 5.43. The molecule has 5 nitrogen and oxygen atoms in total. The highest BCUT2D eigenvalue weighted by atomic mass is 32.2. The number of hydrogen-bond acceptors (Lipinski definition) is 3. The fraction of sp³-hybridized carbons (Fsp3) is 0.611. The first kappa shape index (κ1) is 18.3. The van der Waals surface area contributed by atoms with E-state index >= 15 is 0 Å². The van der Waals surface area contributed by atoms with Crippen LogP contribution in [0.4, 0.5) is 4.39 Å². The van der Waals surface area contributed by atoms with Gasteiger partial charge in [-0.15, -0.1) is 0 Å². The van der Waals surface area contributed by atoms with Crippen LogP contribution in [-0.4, -0.2) is 49.2 Å². The molecule has 0 N–H and O–H groups in total. The minimum absolute atomic E-state index is 0.0137. The van der Waals surface area contributed by atoms with Crippen LogP contribution in [0.3, 0.4) is 0 Å². The monoisotopic (exact) mass is 368 g/mol. The topological polar surface area (TPSA) is 57.7 Å². The lowest BCUT2D eigenvalue weighted by atomic mass is 10.0. The molecule has 25 heavy (non-hydrogen) atoms. The second kappa shape index (κ2) is 7.41. The smallest absolute Gasteiger partial charge is 0.243 e. The van der Waals surface area contributed by atoms with Crippen molar-refractivity contribution in [2.45, 2.75) is 56.4 Å². The van der Waals surface area contributed by atoms with Crippen LogP contribution < -0.4 is 0 Å². The van der Waals surface area contributed by atoms with Crippen LogP contribution in [-0.2, 0) is 14.8 Å². The molecular formula is C18H25FN2O3S. The number of amides is 1. The van der Waals surface area contributed by atoms with Gasteiger partial charge in [-0.2, -0.15) is 4.31 Å². The largest absolute Gasteiger partial charge is 0.343 e. The average molecular weight is 368 g/mol. The molecule has 1 amide bonds. The second-order valence-corrected chi connectivity index (χ2v) is 8.84. The Bertz CT molecular complexity index is 751. The summed E-state index contributed by atoms with van der Waals surface area (Å²) in [5.41, 5.74) is 0.432. The number of halogens is 1. The van der Waals surface area contributed by atoms with Crippen LogP contribution in [0.1, 0.15) is 44.1 Å². The standard InChI is InChI=1S/C18H25FN2O3S/c1-14-7-8-16(13-17(14)19)25(23,24)21-11-3-2-5-15(21)9-12-20-10-4-6-18(20)22/h7-8,13,15H,2-6,9-12H2,1H3/t15-/m0/s1. The van der Waals surface area contributed by atoms with Gasteiger partial charge in [0.05, 0.1) is 4.90 Å². The predicted molar refractivity (Wildman–Crippen MR) is 93.1 cm³/mol. The first-order valence-electron chi connectivity index (χ1n) is 8.95. The van der Waals surface area contributed by atoms with Gasteiger partial charge in [0.25, 0.3) is 0 Å². The van der Waals surface area contributed by atoms with Crippen LogP contribution in [0.5, 0.6) is 0 Å². The Labute approximate surface area is 148 Å². The Morgan fingerprint density at radius 2 is 2.00 bits per heavy atom. The van der Waals surface area contributed by atoms with E-state index < -0.39 is 15.8 Å². The van der Waals surface area contributed by atoms with E-state index in [0.29, 0.717) is 31.5 Å². The lowest BCUT2D eigenvalue weighted by Gasteiger charge is -2.35. The fourth-order valence-electron chi connectivity index (χ4n) is 3.69.